The largest absolute Gasteiger partial charge is 0.481 e. The number of imide groups is 1. The maximum Gasteiger partial charge on any atom is 0.305 e. The van der Waals surface area contributed by atoms with Gasteiger partial charge in [-0.1, -0.05) is 94.8 Å². The molecular weight excluding hydrogens is 1610 g/mol. The number of guanidine groups is 3. The summed E-state index contributed by atoms with van der Waals surface area (Å²) >= 11 is 8.48. The van der Waals surface area contributed by atoms with Gasteiger partial charge in [0.1, 0.15) is 66.5 Å². The number of thiol groups is 2. The monoisotopic (exact) mass is 1730 g/mol. The molecule has 47 heteroatoms. The normalized spacial score (nSPS) is 14.3. The van der Waals surface area contributed by atoms with Crippen LogP contribution in [-0.2, 0) is 94.3 Å². The van der Waals surface area contributed by atoms with Gasteiger partial charge in [-0.2, -0.15) is 25.3 Å². The fourth-order valence-corrected chi connectivity index (χ4v) is 11.8. The molecule has 0 saturated carbocycles. The predicted octanol–water partition coefficient (Wildman–Crippen LogP) is -9.40. The van der Waals surface area contributed by atoms with Gasteiger partial charge in [0.2, 0.25) is 82.6 Å². The molecule has 13 atom stereocenters. The van der Waals surface area contributed by atoms with Gasteiger partial charge in [0, 0.05) is 44.0 Å². The van der Waals surface area contributed by atoms with Gasteiger partial charge >= 0.3 is 5.97 Å². The highest BCUT2D eigenvalue weighted by Gasteiger charge is 2.44. The number of carbonyl (C=O) groups is 17. The van der Waals surface area contributed by atoms with Crippen molar-refractivity contribution in [1.82, 2.24) is 84.7 Å². The van der Waals surface area contributed by atoms with Gasteiger partial charge < -0.3 is 129 Å². The van der Waals surface area contributed by atoms with Crippen molar-refractivity contribution in [1.29, 1.82) is 16.2 Å². The summed E-state index contributed by atoms with van der Waals surface area (Å²) in [5.41, 5.74) is 32.4. The number of primary amides is 1. The van der Waals surface area contributed by atoms with E-state index in [1.54, 1.807) is 88.4 Å². The number of nitrogens with zero attached hydrogens (tertiary/aromatic N) is 1. The van der Waals surface area contributed by atoms with E-state index in [2.05, 4.69) is 105 Å². The molecule has 0 fully saturated rings. The fourth-order valence-electron chi connectivity index (χ4n) is 11.3. The molecule has 0 spiro atoms. The summed E-state index contributed by atoms with van der Waals surface area (Å²) in [6.07, 6.45) is -2.39. The van der Waals surface area contributed by atoms with Crippen molar-refractivity contribution in [2.75, 3.05) is 57.4 Å². The van der Waals surface area contributed by atoms with E-state index in [1.807, 2.05) is 0 Å². The van der Waals surface area contributed by atoms with E-state index in [0.29, 0.717) is 16.0 Å². The van der Waals surface area contributed by atoms with Gasteiger partial charge in [0.05, 0.1) is 44.3 Å². The van der Waals surface area contributed by atoms with E-state index in [1.165, 1.54) is 13.8 Å². The second kappa shape index (κ2) is 53.6. The Bertz CT molecular complexity index is 3880. The van der Waals surface area contributed by atoms with E-state index < -0.39 is 253 Å². The number of aliphatic carboxylic acids is 1. The van der Waals surface area contributed by atoms with Gasteiger partial charge in [0.25, 0.3) is 11.8 Å². The quantitative estimate of drug-likeness (QED) is 0.00961. The molecule has 0 heterocycles. The van der Waals surface area contributed by atoms with Crippen molar-refractivity contribution < 1.29 is 96.8 Å². The van der Waals surface area contributed by atoms with E-state index in [-0.39, 0.29) is 83.4 Å². The number of aliphatic hydroxyl groups excluding tert-OH is 2. The molecule has 0 bridgehead atoms. The van der Waals surface area contributed by atoms with Crippen LogP contribution in [0.4, 0.5) is 0 Å². The van der Waals surface area contributed by atoms with Crippen molar-refractivity contribution in [2.24, 2.45) is 46.2 Å². The number of nitrogens with two attached hydrogens (primary N) is 6. The van der Waals surface area contributed by atoms with E-state index >= 15 is 0 Å². The van der Waals surface area contributed by atoms with E-state index in [4.69, 9.17) is 50.6 Å². The molecule has 666 valence electrons. The van der Waals surface area contributed by atoms with Gasteiger partial charge in [-0.25, -0.2) is 0 Å². The number of Topliss-reactive ketones (excluding diaryl/α,β-unsaturated/α-hetero) is 1. The van der Waals surface area contributed by atoms with Crippen LogP contribution in [-0.4, -0.2) is 274 Å². The van der Waals surface area contributed by atoms with Gasteiger partial charge in [-0.3, -0.25) is 103 Å². The lowest BCUT2D eigenvalue weighted by molar-refractivity contribution is -0.156. The smallest absolute Gasteiger partial charge is 0.305 e. The topological polar surface area (TPSA) is 762 Å². The Balaban J connectivity index is 2.51. The first-order valence-electron chi connectivity index (χ1n) is 38.2. The van der Waals surface area contributed by atoms with Crippen LogP contribution in [0.15, 0.2) is 60.7 Å². The number of benzene rings is 2. The molecule has 0 aromatic heterocycles. The summed E-state index contributed by atoms with van der Waals surface area (Å²) in [5.74, 6) is -22.9. The molecule has 120 heavy (non-hydrogen) atoms. The average molecular weight is 1730 g/mol. The summed E-state index contributed by atoms with van der Waals surface area (Å²) in [6.45, 7) is 5.18. The molecule has 0 aliphatic rings. The molecule has 0 aliphatic heterocycles. The van der Waals surface area contributed by atoms with Crippen molar-refractivity contribution in [3.63, 3.8) is 0 Å². The minimum absolute atomic E-state index is 0.00203. The third-order valence-electron chi connectivity index (χ3n) is 17.9. The Kier molecular flexibility index (Phi) is 46.5. The Morgan fingerprint density at radius 1 is 0.467 bits per heavy atom. The number of aliphatic hydroxyl groups is 2. The molecular formula is C73H117N25O20S2. The number of ketones is 1. The Morgan fingerprint density at radius 3 is 1.35 bits per heavy atom. The summed E-state index contributed by atoms with van der Waals surface area (Å²) < 4.78 is 0. The van der Waals surface area contributed by atoms with Crippen LogP contribution in [0.1, 0.15) is 110 Å². The second-order valence-corrected chi connectivity index (χ2v) is 29.6. The van der Waals surface area contributed by atoms with Crippen LogP contribution in [0, 0.1) is 28.1 Å². The number of hydrogen-bond acceptors (Lipinski definition) is 26. The number of rotatable bonds is 55. The van der Waals surface area contributed by atoms with E-state index in [0.717, 1.165) is 0 Å². The molecule has 2 aromatic carbocycles. The van der Waals surface area contributed by atoms with Crippen LogP contribution < -0.4 is 114 Å². The van der Waals surface area contributed by atoms with Gasteiger partial charge in [-0.15, -0.1) is 0 Å². The predicted molar refractivity (Wildman–Crippen MR) is 442 cm³/mol. The first-order chi connectivity index (χ1) is 56.4. The summed E-state index contributed by atoms with van der Waals surface area (Å²) in [7, 11) is 0. The van der Waals surface area contributed by atoms with Crippen LogP contribution in [0.25, 0.3) is 0 Å². The summed E-state index contributed by atoms with van der Waals surface area (Å²) in [6, 6.07) is -3.62. The first kappa shape index (κ1) is 104. The standard InChI is InChI=1S/C73H117N25O20S2/c1-7-38(4)55(67(116)95-49(35-119)65(114)92-46(28-39-17-10-8-11-18-39)62(111)89-42(56(105)57(75)106)21-14-24-83-70(76)77)97-60(109)44(23-16-26-85-72(80)81)90-63(112)47(30-54(103)104)93-61(110)45(27-37(2)3)91-59(108)43(22-15-25-84-71(78)79)88-53(102)32-86-52(101)31-87-66(115)51(29-40-19-12-9-13-20-40)98(69(118)73(5,6)82)68(117)50(36-120)96-64(113)48(34-100)94-58(107)41(74)33-99/h8-13,17-20,37-38,41-51,55,99-100,119-120H,7,14-16,21-36,74,82H2,1-6H3,(H2,75,106)(H,86,101)(H,87,115)(H,88,102)(H,89,111)(H,90,112)(H,91,108)(H,92,114)(H,93,110)(H,94,107)(H,95,116)(H,96,113)(H,97,109)(H,103,104)(H4,76,77,83)(H4,78,79,84)(H4,80,81,85)/t38-,41-,42-,43-,44-,45-,46-,47-,48-,49-,50-,51-,55-/m0/s1. The molecule has 2 aromatic rings. The molecule has 0 saturated heterocycles. The Hall–Kier alpha value is -11.8. The van der Waals surface area contributed by atoms with Crippen LogP contribution in [0.5, 0.6) is 0 Å². The Morgan fingerprint density at radius 2 is 0.875 bits per heavy atom. The molecule has 33 N–H and O–H groups in total. The highest BCUT2D eigenvalue weighted by molar-refractivity contribution is 7.80. The maximum absolute atomic E-state index is 14.6. The number of carboxylic acid groups (broad SMARTS) is 1. The molecule has 0 radical (unpaired) electrons. The molecule has 45 nitrogen and oxygen atoms in total. The average Bonchev–Trinajstić information content (AvgIpc) is 0.795. The number of carbonyl (C=O) groups excluding carboxylic acids is 16. The molecule has 2 rings (SSSR count). The minimum atomic E-state index is -2.02. The summed E-state index contributed by atoms with van der Waals surface area (Å²) in [5, 5.41) is 88.5. The van der Waals surface area contributed by atoms with Gasteiger partial charge in [0.15, 0.2) is 17.9 Å². The van der Waals surface area contributed by atoms with Crippen LogP contribution >= 0.6 is 25.3 Å². The number of amides is 15. The molecule has 15 amide bonds. The lowest BCUT2D eigenvalue weighted by Crippen LogP contribution is -2.65. The molecule has 0 aliphatic carbocycles. The number of carboxylic acids is 1. The number of nitrogens with one attached hydrogen (secondary N) is 18. The Labute approximate surface area is 703 Å². The van der Waals surface area contributed by atoms with E-state index in [9.17, 15) is 96.8 Å². The lowest BCUT2D eigenvalue weighted by Gasteiger charge is -2.36. The molecule has 0 unspecified atom stereocenters. The zero-order valence-corrected chi connectivity index (χ0v) is 69.4. The third-order valence-corrected chi connectivity index (χ3v) is 18.6. The zero-order valence-electron chi connectivity index (χ0n) is 67.6. The highest BCUT2D eigenvalue weighted by Crippen LogP contribution is 2.19. The fraction of sp³-hybridized carbons (Fsp3) is 0.562. The highest BCUT2D eigenvalue weighted by atomic mass is 32.1. The SMILES string of the molecule is CC[C@H](C)[C@H](NC(=O)[C@H](CCCNC(=N)N)NC(=O)[C@H](CC(=O)O)NC(=O)[C@H](CC(C)C)NC(=O)[C@H](CCCNC(=N)N)NC(=O)CNC(=O)CNC(=O)[C@H](Cc1ccccc1)N(C(=O)[C@H](CS)NC(=O)[C@H](CO)NC(=O)[C@@H](N)CO)C(=O)C(C)(C)N)C(=O)N[C@@H](CS)C(=O)N[C@@H](Cc1ccccc1)C(=O)N[C@@H](CCCNC(=N)N)C(=O)C(N)=O. The van der Waals surface area contributed by atoms with Crippen molar-refractivity contribution >= 4 is 143 Å². The van der Waals surface area contributed by atoms with Crippen LogP contribution in [0.3, 0.4) is 0 Å². The van der Waals surface area contributed by atoms with Crippen LogP contribution in [0.2, 0.25) is 0 Å². The van der Waals surface area contributed by atoms with Gasteiger partial charge in [-0.05, 0) is 81.8 Å². The number of hydrogen-bond donors (Lipinski definition) is 29. The lowest BCUT2D eigenvalue weighted by atomic mass is 9.97. The maximum atomic E-state index is 14.6. The van der Waals surface area contributed by atoms with Crippen molar-refractivity contribution in [2.45, 2.75) is 190 Å². The minimum Gasteiger partial charge on any atom is -0.481 e. The summed E-state index contributed by atoms with van der Waals surface area (Å²) in [4.78, 5) is 235. The van der Waals surface area contributed by atoms with Crippen molar-refractivity contribution in [3.05, 3.63) is 71.8 Å². The second-order valence-electron chi connectivity index (χ2n) is 28.8. The first-order valence-corrected chi connectivity index (χ1v) is 39.5. The third kappa shape index (κ3) is 38.3. The van der Waals surface area contributed by atoms with Crippen molar-refractivity contribution in [3.8, 4) is 0 Å². The zero-order chi connectivity index (χ0) is 90.7.